The van der Waals surface area contributed by atoms with Crippen LogP contribution in [-0.4, -0.2) is 42.6 Å². The van der Waals surface area contributed by atoms with Crippen LogP contribution in [0.15, 0.2) is 94.6 Å². The zero-order valence-corrected chi connectivity index (χ0v) is 19.9. The molecule has 34 heavy (non-hydrogen) atoms. The monoisotopic (exact) mass is 448 g/mol. The first-order valence-corrected chi connectivity index (χ1v) is 12.6. The molecule has 0 N–H and O–H groups in total. The van der Waals surface area contributed by atoms with E-state index < -0.39 is 0 Å². The summed E-state index contributed by atoms with van der Waals surface area (Å²) in [6.45, 7) is 6.35. The Morgan fingerprint density at radius 1 is 0.765 bits per heavy atom. The van der Waals surface area contributed by atoms with Gasteiger partial charge in [-0.15, -0.1) is 5.10 Å². The fourth-order valence-corrected chi connectivity index (χ4v) is 5.67. The molecule has 0 radical (unpaired) electrons. The first-order chi connectivity index (χ1) is 16.7. The van der Waals surface area contributed by atoms with E-state index in [2.05, 4.69) is 95.6 Å². The number of nitrogens with zero attached hydrogens (tertiary/aromatic N) is 4. The van der Waals surface area contributed by atoms with Crippen LogP contribution in [0.4, 0.5) is 5.69 Å². The van der Waals surface area contributed by atoms with Crippen LogP contribution >= 0.6 is 0 Å². The minimum atomic E-state index is 0.389. The number of allylic oxidation sites excluding steroid dienone is 1. The summed E-state index contributed by atoms with van der Waals surface area (Å²) >= 11 is 0. The smallest absolute Gasteiger partial charge is 0.135 e. The molecule has 0 bridgehead atoms. The zero-order valence-electron chi connectivity index (χ0n) is 19.9. The number of hydrogen-bond donors (Lipinski definition) is 0. The quantitative estimate of drug-likeness (QED) is 0.496. The third-order valence-corrected chi connectivity index (χ3v) is 7.58. The standard InChI is InChI=1S/C30H32N4/c1-22-11-14-27-28(19-22)29(20-23-7-3-2-4-8-23)31-32-30(27)34-17-15-33(16-18-34)26-13-12-24-9-5-6-10-25(24)21-26/h2-10,12-13,19,21-22,27H,11,14-18,20H2,1H3. The van der Waals surface area contributed by atoms with Crippen LogP contribution < -0.4 is 4.90 Å². The summed E-state index contributed by atoms with van der Waals surface area (Å²) in [6, 6.07) is 26.1. The molecule has 2 heterocycles. The third-order valence-electron chi connectivity index (χ3n) is 7.58. The number of fused-ring (bicyclic) bond motifs is 2. The van der Waals surface area contributed by atoms with Crippen LogP contribution in [0.3, 0.4) is 0 Å². The molecule has 0 spiro atoms. The Morgan fingerprint density at radius 2 is 1.50 bits per heavy atom. The van der Waals surface area contributed by atoms with Crippen LogP contribution in [0.2, 0.25) is 0 Å². The first-order valence-electron chi connectivity index (χ1n) is 12.6. The van der Waals surface area contributed by atoms with Crippen molar-refractivity contribution in [2.75, 3.05) is 31.1 Å². The van der Waals surface area contributed by atoms with Gasteiger partial charge in [-0.3, -0.25) is 0 Å². The SMILES string of the molecule is CC1C=C2C(Cc3ccccc3)=NN=C(N3CCN(c4ccc5ccccc5c4)CC3)C2CC1. The van der Waals surface area contributed by atoms with E-state index in [4.69, 9.17) is 10.2 Å². The lowest BCUT2D eigenvalue weighted by Gasteiger charge is -2.41. The van der Waals surface area contributed by atoms with Gasteiger partial charge in [0.2, 0.25) is 0 Å². The van der Waals surface area contributed by atoms with Crippen molar-refractivity contribution in [3.63, 3.8) is 0 Å². The van der Waals surface area contributed by atoms with Crippen molar-refractivity contribution in [2.45, 2.75) is 26.2 Å². The molecule has 4 nitrogen and oxygen atoms in total. The largest absolute Gasteiger partial charge is 0.368 e. The molecule has 2 unspecified atom stereocenters. The second-order valence-electron chi connectivity index (χ2n) is 9.90. The topological polar surface area (TPSA) is 31.2 Å². The van der Waals surface area contributed by atoms with Crippen molar-refractivity contribution >= 4 is 28.0 Å². The van der Waals surface area contributed by atoms with Gasteiger partial charge < -0.3 is 9.80 Å². The Hall–Kier alpha value is -3.40. The van der Waals surface area contributed by atoms with Crippen molar-refractivity contribution in [1.29, 1.82) is 0 Å². The lowest BCUT2D eigenvalue weighted by Crippen LogP contribution is -2.51. The molecular weight excluding hydrogens is 416 g/mol. The Bertz CT molecular complexity index is 1270. The van der Waals surface area contributed by atoms with E-state index >= 15 is 0 Å². The highest BCUT2D eigenvalue weighted by molar-refractivity contribution is 6.09. The molecule has 172 valence electrons. The summed E-state index contributed by atoms with van der Waals surface area (Å²) in [4.78, 5) is 5.00. The van der Waals surface area contributed by atoms with Gasteiger partial charge in [0.25, 0.3) is 0 Å². The molecule has 1 aliphatic carbocycles. The van der Waals surface area contributed by atoms with Gasteiger partial charge in [0.1, 0.15) is 5.84 Å². The maximum atomic E-state index is 4.85. The van der Waals surface area contributed by atoms with E-state index in [1.165, 1.54) is 46.3 Å². The van der Waals surface area contributed by atoms with Gasteiger partial charge in [0, 0.05) is 44.2 Å². The molecule has 6 rings (SSSR count). The molecule has 1 fully saturated rings. The van der Waals surface area contributed by atoms with E-state index in [1.807, 2.05) is 0 Å². The molecule has 4 heteroatoms. The maximum Gasteiger partial charge on any atom is 0.135 e. The van der Waals surface area contributed by atoms with Crippen molar-refractivity contribution in [3.8, 4) is 0 Å². The molecule has 3 aliphatic rings. The number of anilines is 1. The number of amidine groups is 1. The maximum absolute atomic E-state index is 4.85. The normalized spacial score (nSPS) is 22.7. The van der Waals surface area contributed by atoms with Crippen LogP contribution in [0.25, 0.3) is 10.8 Å². The van der Waals surface area contributed by atoms with Gasteiger partial charge in [0.15, 0.2) is 0 Å². The van der Waals surface area contributed by atoms with Crippen LogP contribution in [0.5, 0.6) is 0 Å². The Labute approximate surface area is 202 Å². The summed E-state index contributed by atoms with van der Waals surface area (Å²) in [5.74, 6) is 2.18. The van der Waals surface area contributed by atoms with Crippen LogP contribution in [0, 0.1) is 11.8 Å². The summed E-state index contributed by atoms with van der Waals surface area (Å²) in [5, 5.41) is 12.3. The average molecular weight is 449 g/mol. The Morgan fingerprint density at radius 3 is 2.32 bits per heavy atom. The van der Waals surface area contributed by atoms with Crippen molar-refractivity contribution in [1.82, 2.24) is 4.90 Å². The molecule has 0 aromatic heterocycles. The van der Waals surface area contributed by atoms with Crippen LogP contribution in [-0.2, 0) is 6.42 Å². The Balaban J connectivity index is 1.21. The molecule has 0 amide bonds. The summed E-state index contributed by atoms with van der Waals surface area (Å²) < 4.78 is 0. The minimum Gasteiger partial charge on any atom is -0.368 e. The predicted octanol–water partition coefficient (Wildman–Crippen LogP) is 5.95. The number of hydrogen-bond acceptors (Lipinski definition) is 4. The zero-order chi connectivity index (χ0) is 22.9. The average Bonchev–Trinajstić information content (AvgIpc) is 2.89. The molecule has 2 atom stereocenters. The van der Waals surface area contributed by atoms with Crippen molar-refractivity contribution in [2.24, 2.45) is 22.0 Å². The first kappa shape index (κ1) is 21.2. The van der Waals surface area contributed by atoms with E-state index in [1.54, 1.807) is 0 Å². The van der Waals surface area contributed by atoms with Gasteiger partial charge >= 0.3 is 0 Å². The number of benzene rings is 3. The highest BCUT2D eigenvalue weighted by Crippen LogP contribution is 2.35. The highest BCUT2D eigenvalue weighted by atomic mass is 15.4. The van der Waals surface area contributed by atoms with E-state index in [-0.39, 0.29) is 0 Å². The lowest BCUT2D eigenvalue weighted by molar-refractivity contribution is 0.360. The minimum absolute atomic E-state index is 0.389. The van der Waals surface area contributed by atoms with Gasteiger partial charge in [-0.2, -0.15) is 5.10 Å². The lowest BCUT2D eigenvalue weighted by atomic mass is 9.78. The van der Waals surface area contributed by atoms with E-state index in [0.717, 1.165) is 38.3 Å². The Kier molecular flexibility index (Phi) is 5.66. The summed E-state index contributed by atoms with van der Waals surface area (Å²) in [7, 11) is 0. The van der Waals surface area contributed by atoms with Crippen molar-refractivity contribution < 1.29 is 0 Å². The number of piperazine rings is 1. The fourth-order valence-electron chi connectivity index (χ4n) is 5.67. The molecular formula is C30H32N4. The van der Waals surface area contributed by atoms with E-state index in [0.29, 0.717) is 11.8 Å². The molecule has 1 saturated heterocycles. The molecule has 2 aliphatic heterocycles. The fraction of sp³-hybridized carbons (Fsp3) is 0.333. The van der Waals surface area contributed by atoms with E-state index in [9.17, 15) is 0 Å². The third kappa shape index (κ3) is 4.13. The number of rotatable bonds is 3. The highest BCUT2D eigenvalue weighted by Gasteiger charge is 2.35. The summed E-state index contributed by atoms with van der Waals surface area (Å²) in [5.41, 5.74) is 5.20. The van der Waals surface area contributed by atoms with Gasteiger partial charge in [-0.25, -0.2) is 0 Å². The van der Waals surface area contributed by atoms with Gasteiger partial charge in [0.05, 0.1) is 5.71 Å². The second kappa shape index (κ2) is 9.09. The predicted molar refractivity (Wildman–Crippen MR) is 143 cm³/mol. The summed E-state index contributed by atoms with van der Waals surface area (Å²) in [6.07, 6.45) is 5.73. The molecule has 3 aromatic carbocycles. The van der Waals surface area contributed by atoms with Gasteiger partial charge in [-0.1, -0.05) is 73.7 Å². The molecule has 3 aromatic rings. The second-order valence-corrected chi connectivity index (χ2v) is 9.90. The molecule has 0 saturated carbocycles. The van der Waals surface area contributed by atoms with Gasteiger partial charge in [-0.05, 0) is 52.8 Å². The van der Waals surface area contributed by atoms with Crippen LogP contribution in [0.1, 0.15) is 25.3 Å². The van der Waals surface area contributed by atoms with Crippen molar-refractivity contribution in [3.05, 3.63) is 90.0 Å².